The number of primary amides is 1. The monoisotopic (exact) mass is 251 g/mol. The Morgan fingerprint density at radius 1 is 1.44 bits per heavy atom. The summed E-state index contributed by atoms with van der Waals surface area (Å²) < 4.78 is 0. The molecule has 0 saturated carbocycles. The zero-order valence-corrected chi connectivity index (χ0v) is 9.75. The summed E-state index contributed by atoms with van der Waals surface area (Å²) in [6.45, 7) is 1.44. The molecule has 0 aliphatic carbocycles. The van der Waals surface area contributed by atoms with Gasteiger partial charge < -0.3 is 11.1 Å². The maximum absolute atomic E-state index is 11.6. The van der Waals surface area contributed by atoms with Crippen LogP contribution in [0.2, 0.25) is 0 Å². The third-order valence-corrected chi connectivity index (χ3v) is 2.34. The van der Waals surface area contributed by atoms with Gasteiger partial charge in [-0.05, 0) is 6.92 Å². The Balaban J connectivity index is 2.76. The first-order valence-electron chi connectivity index (χ1n) is 5.22. The highest BCUT2D eigenvalue weighted by Gasteiger charge is 2.17. The fourth-order valence-corrected chi connectivity index (χ4v) is 1.38. The number of nitrogens with zero attached hydrogens (tertiary/aromatic N) is 1. The van der Waals surface area contributed by atoms with E-state index in [2.05, 4.69) is 5.32 Å². The van der Waals surface area contributed by atoms with Gasteiger partial charge in [0.15, 0.2) is 0 Å². The van der Waals surface area contributed by atoms with Crippen LogP contribution >= 0.6 is 0 Å². The fraction of sp³-hybridized carbons (Fsp3) is 0.273. The minimum Gasteiger partial charge on any atom is -0.368 e. The lowest BCUT2D eigenvalue weighted by atomic mass is 10.1. The number of hydrogen-bond donors (Lipinski definition) is 2. The quantitative estimate of drug-likeness (QED) is 0.571. The maximum Gasteiger partial charge on any atom is 0.273 e. The summed E-state index contributed by atoms with van der Waals surface area (Å²) in [4.78, 5) is 32.5. The van der Waals surface area contributed by atoms with Gasteiger partial charge in [0.05, 0.1) is 11.3 Å². The summed E-state index contributed by atoms with van der Waals surface area (Å²) in [7, 11) is 0. The maximum atomic E-state index is 11.6. The summed E-state index contributed by atoms with van der Waals surface area (Å²) >= 11 is 0. The van der Waals surface area contributed by atoms with Crippen LogP contribution in [0.3, 0.4) is 0 Å². The predicted molar refractivity (Wildman–Crippen MR) is 63.6 cm³/mol. The van der Waals surface area contributed by atoms with E-state index in [1.807, 2.05) is 0 Å². The molecular formula is C11H13N3O4. The van der Waals surface area contributed by atoms with E-state index < -0.39 is 22.8 Å². The molecule has 18 heavy (non-hydrogen) atoms. The third-order valence-electron chi connectivity index (χ3n) is 2.34. The highest BCUT2D eigenvalue weighted by Crippen LogP contribution is 2.17. The average molecular weight is 251 g/mol. The predicted octanol–water partition coefficient (Wildman–Crippen LogP) is 0.127. The van der Waals surface area contributed by atoms with Crippen molar-refractivity contribution in [3.05, 3.63) is 39.9 Å². The lowest BCUT2D eigenvalue weighted by Crippen LogP contribution is -2.42. The van der Waals surface area contributed by atoms with Crippen molar-refractivity contribution >= 4 is 17.5 Å². The summed E-state index contributed by atoms with van der Waals surface area (Å²) in [6, 6.07) is 5.13. The highest BCUT2D eigenvalue weighted by atomic mass is 16.6. The Hall–Kier alpha value is -2.44. The van der Waals surface area contributed by atoms with E-state index in [0.29, 0.717) is 0 Å². The molecule has 0 aromatic heterocycles. The third kappa shape index (κ3) is 3.55. The topological polar surface area (TPSA) is 115 Å². The minimum atomic E-state index is -0.805. The second-order valence-electron chi connectivity index (χ2n) is 3.75. The molecule has 7 heteroatoms. The van der Waals surface area contributed by atoms with Gasteiger partial charge >= 0.3 is 0 Å². The first-order valence-corrected chi connectivity index (χ1v) is 5.22. The van der Waals surface area contributed by atoms with Gasteiger partial charge in [0.2, 0.25) is 11.8 Å². The van der Waals surface area contributed by atoms with Crippen molar-refractivity contribution in [3.63, 3.8) is 0 Å². The largest absolute Gasteiger partial charge is 0.368 e. The molecule has 2 amide bonds. The van der Waals surface area contributed by atoms with E-state index >= 15 is 0 Å². The van der Waals surface area contributed by atoms with E-state index in [0.717, 1.165) is 0 Å². The number of nitrogens with one attached hydrogen (secondary N) is 1. The van der Waals surface area contributed by atoms with Crippen LogP contribution in [0.4, 0.5) is 5.69 Å². The molecule has 0 fully saturated rings. The van der Waals surface area contributed by atoms with E-state index in [1.54, 1.807) is 6.07 Å². The van der Waals surface area contributed by atoms with Crippen molar-refractivity contribution in [3.8, 4) is 0 Å². The van der Waals surface area contributed by atoms with Crippen LogP contribution in [0.25, 0.3) is 0 Å². The standard InChI is InChI=1S/C11H13N3O4/c1-7(11(12)16)13-10(15)6-8-4-2-3-5-9(8)14(17)18/h2-5,7H,6H2,1H3,(H2,12,16)(H,13,15). The number of carbonyl (C=O) groups is 2. The first kappa shape index (κ1) is 13.6. The Kier molecular flexibility index (Phi) is 4.36. The molecule has 0 radical (unpaired) electrons. The number of nitrogens with two attached hydrogens (primary N) is 1. The molecule has 1 unspecified atom stereocenters. The summed E-state index contributed by atoms with van der Waals surface area (Å²) in [6.07, 6.45) is -0.172. The van der Waals surface area contributed by atoms with Gasteiger partial charge in [0.25, 0.3) is 5.69 Å². The molecule has 1 rings (SSSR count). The van der Waals surface area contributed by atoms with Crippen molar-refractivity contribution < 1.29 is 14.5 Å². The SMILES string of the molecule is CC(NC(=O)Cc1ccccc1[N+](=O)[O-])C(N)=O. The van der Waals surface area contributed by atoms with E-state index in [-0.39, 0.29) is 17.7 Å². The van der Waals surface area contributed by atoms with E-state index in [9.17, 15) is 19.7 Å². The molecule has 0 saturated heterocycles. The van der Waals surface area contributed by atoms with Gasteiger partial charge in [0.1, 0.15) is 6.04 Å². The smallest absolute Gasteiger partial charge is 0.273 e. The summed E-state index contributed by atoms with van der Waals surface area (Å²) in [5.41, 5.74) is 5.16. The van der Waals surface area contributed by atoms with E-state index in [4.69, 9.17) is 5.73 Å². The second-order valence-corrected chi connectivity index (χ2v) is 3.75. The van der Waals surface area contributed by atoms with Crippen molar-refractivity contribution in [1.82, 2.24) is 5.32 Å². The Labute approximate surface area is 103 Å². The minimum absolute atomic E-state index is 0.126. The van der Waals surface area contributed by atoms with E-state index in [1.165, 1.54) is 25.1 Å². The molecule has 0 bridgehead atoms. The van der Waals surface area contributed by atoms with Crippen LogP contribution in [0.1, 0.15) is 12.5 Å². The zero-order chi connectivity index (χ0) is 13.7. The highest BCUT2D eigenvalue weighted by molar-refractivity contribution is 5.87. The Bertz CT molecular complexity index is 487. The molecule has 96 valence electrons. The molecule has 7 nitrogen and oxygen atoms in total. The van der Waals surface area contributed by atoms with Crippen molar-refractivity contribution in [2.24, 2.45) is 5.73 Å². The van der Waals surface area contributed by atoms with Crippen LogP contribution < -0.4 is 11.1 Å². The van der Waals surface area contributed by atoms with Crippen molar-refractivity contribution in [1.29, 1.82) is 0 Å². The van der Waals surface area contributed by atoms with Crippen molar-refractivity contribution in [2.75, 3.05) is 0 Å². The number of benzene rings is 1. The lowest BCUT2D eigenvalue weighted by molar-refractivity contribution is -0.385. The second kappa shape index (κ2) is 5.76. The number of para-hydroxylation sites is 1. The number of nitro benzene ring substituents is 1. The van der Waals surface area contributed by atoms with Crippen LogP contribution in [-0.2, 0) is 16.0 Å². The van der Waals surface area contributed by atoms with Crippen LogP contribution in [-0.4, -0.2) is 22.8 Å². The summed E-state index contributed by atoms with van der Waals surface area (Å²) in [5, 5.41) is 13.1. The Morgan fingerprint density at radius 3 is 2.61 bits per heavy atom. The van der Waals surface area contributed by atoms with Gasteiger partial charge in [-0.15, -0.1) is 0 Å². The number of nitro groups is 1. The van der Waals surface area contributed by atoms with Gasteiger partial charge in [-0.3, -0.25) is 19.7 Å². The van der Waals surface area contributed by atoms with Gasteiger partial charge in [-0.25, -0.2) is 0 Å². The van der Waals surface area contributed by atoms with Gasteiger partial charge in [0, 0.05) is 11.6 Å². The number of hydrogen-bond acceptors (Lipinski definition) is 4. The van der Waals surface area contributed by atoms with Crippen LogP contribution in [0.15, 0.2) is 24.3 Å². The number of amides is 2. The van der Waals surface area contributed by atoms with Crippen LogP contribution in [0, 0.1) is 10.1 Å². The molecule has 1 aromatic carbocycles. The lowest BCUT2D eigenvalue weighted by Gasteiger charge is -2.10. The first-order chi connectivity index (χ1) is 8.41. The zero-order valence-electron chi connectivity index (χ0n) is 9.75. The van der Waals surface area contributed by atoms with Gasteiger partial charge in [-0.2, -0.15) is 0 Å². The van der Waals surface area contributed by atoms with Gasteiger partial charge in [-0.1, -0.05) is 18.2 Å². The van der Waals surface area contributed by atoms with Crippen molar-refractivity contribution in [2.45, 2.75) is 19.4 Å². The molecular weight excluding hydrogens is 238 g/mol. The molecule has 0 aliphatic rings. The molecule has 1 atom stereocenters. The number of rotatable bonds is 5. The molecule has 1 aromatic rings. The van der Waals surface area contributed by atoms with Crippen LogP contribution in [0.5, 0.6) is 0 Å². The summed E-state index contributed by atoms with van der Waals surface area (Å²) in [5.74, 6) is -1.15. The molecule has 0 heterocycles. The normalized spacial score (nSPS) is 11.6. The fourth-order valence-electron chi connectivity index (χ4n) is 1.38. The Morgan fingerprint density at radius 2 is 2.06 bits per heavy atom. The number of carbonyl (C=O) groups excluding carboxylic acids is 2. The molecule has 0 spiro atoms. The molecule has 3 N–H and O–H groups in total. The molecule has 0 aliphatic heterocycles. The average Bonchev–Trinajstić information content (AvgIpc) is 2.28.